The first-order valence-corrected chi connectivity index (χ1v) is 7.98. The summed E-state index contributed by atoms with van der Waals surface area (Å²) in [5.74, 6) is 0.0223. The number of hydrogen-bond donors (Lipinski definition) is 3. The predicted octanol–water partition coefficient (Wildman–Crippen LogP) is 0.956. The molecule has 2 fully saturated rings. The summed E-state index contributed by atoms with van der Waals surface area (Å²) in [5, 5.41) is 16.6. The summed E-state index contributed by atoms with van der Waals surface area (Å²) in [6, 6.07) is 0.249. The molecule has 0 unspecified atom stereocenters. The molecule has 1 aliphatic heterocycles. The van der Waals surface area contributed by atoms with E-state index in [1.807, 2.05) is 0 Å². The minimum absolute atomic E-state index is 0.0223. The van der Waals surface area contributed by atoms with Crippen LogP contribution in [0.5, 0.6) is 0 Å². The van der Waals surface area contributed by atoms with Crippen LogP contribution in [0.25, 0.3) is 0 Å². The number of hydrogen-bond acceptors (Lipinski definition) is 4. The highest BCUT2D eigenvalue weighted by atomic mass is 16.5. The molecular weight excluding hydrogens is 256 g/mol. The summed E-state index contributed by atoms with van der Waals surface area (Å²) >= 11 is 0. The van der Waals surface area contributed by atoms with Gasteiger partial charge in [0.05, 0.1) is 12.1 Å². The Kier molecular flexibility index (Phi) is 6.26. The van der Waals surface area contributed by atoms with E-state index < -0.39 is 5.60 Å². The van der Waals surface area contributed by atoms with Gasteiger partial charge < -0.3 is 20.5 Å². The van der Waals surface area contributed by atoms with E-state index in [4.69, 9.17) is 4.74 Å². The van der Waals surface area contributed by atoms with Gasteiger partial charge in [-0.25, -0.2) is 0 Å². The molecule has 0 aromatic rings. The smallest absolute Gasteiger partial charge is 0.234 e. The van der Waals surface area contributed by atoms with E-state index in [0.717, 1.165) is 51.7 Å². The molecule has 0 radical (unpaired) electrons. The van der Waals surface area contributed by atoms with Crippen molar-refractivity contribution in [2.24, 2.45) is 0 Å². The average molecular weight is 284 g/mol. The second-order valence-electron chi connectivity index (χ2n) is 6.20. The number of aliphatic hydroxyl groups is 1. The van der Waals surface area contributed by atoms with Gasteiger partial charge in [0.1, 0.15) is 0 Å². The van der Waals surface area contributed by atoms with Gasteiger partial charge in [-0.3, -0.25) is 4.79 Å². The van der Waals surface area contributed by atoms with E-state index >= 15 is 0 Å². The number of amides is 1. The van der Waals surface area contributed by atoms with Gasteiger partial charge in [0, 0.05) is 25.8 Å². The SMILES string of the molecule is O=C(CNCC1(O)CCCCCC1)NC1CCOCC1. The second-order valence-corrected chi connectivity index (χ2v) is 6.20. The van der Waals surface area contributed by atoms with Crippen molar-refractivity contribution in [3.8, 4) is 0 Å². The Bertz CT molecular complexity index is 295. The topological polar surface area (TPSA) is 70.6 Å². The van der Waals surface area contributed by atoms with Gasteiger partial charge in [-0.15, -0.1) is 0 Å². The van der Waals surface area contributed by atoms with Crippen molar-refractivity contribution in [3.63, 3.8) is 0 Å². The van der Waals surface area contributed by atoms with Crippen LogP contribution in [0.3, 0.4) is 0 Å². The fourth-order valence-corrected chi connectivity index (χ4v) is 3.09. The summed E-state index contributed by atoms with van der Waals surface area (Å²) < 4.78 is 5.27. The zero-order valence-corrected chi connectivity index (χ0v) is 12.3. The van der Waals surface area contributed by atoms with E-state index in [1.54, 1.807) is 0 Å². The van der Waals surface area contributed by atoms with E-state index in [1.165, 1.54) is 12.8 Å². The fourth-order valence-electron chi connectivity index (χ4n) is 3.09. The minimum Gasteiger partial charge on any atom is -0.389 e. The number of rotatable bonds is 5. The molecule has 20 heavy (non-hydrogen) atoms. The first-order valence-electron chi connectivity index (χ1n) is 7.98. The third kappa shape index (κ3) is 5.38. The van der Waals surface area contributed by atoms with E-state index in [-0.39, 0.29) is 11.9 Å². The lowest BCUT2D eigenvalue weighted by molar-refractivity contribution is -0.121. The first kappa shape index (κ1) is 15.7. The van der Waals surface area contributed by atoms with Gasteiger partial charge in [-0.05, 0) is 25.7 Å². The Morgan fingerprint density at radius 1 is 1.15 bits per heavy atom. The Balaban J connectivity index is 1.62. The van der Waals surface area contributed by atoms with Crippen LogP contribution in [0.4, 0.5) is 0 Å². The second kappa shape index (κ2) is 7.96. The Labute approximate surface area is 121 Å². The molecule has 0 aromatic heterocycles. The summed E-state index contributed by atoms with van der Waals surface area (Å²) in [4.78, 5) is 11.8. The maximum absolute atomic E-state index is 11.8. The molecule has 3 N–H and O–H groups in total. The van der Waals surface area contributed by atoms with Crippen molar-refractivity contribution >= 4 is 5.91 Å². The minimum atomic E-state index is -0.616. The third-order valence-corrected chi connectivity index (χ3v) is 4.36. The van der Waals surface area contributed by atoms with Crippen LogP contribution in [0.2, 0.25) is 0 Å². The third-order valence-electron chi connectivity index (χ3n) is 4.36. The maximum Gasteiger partial charge on any atom is 0.234 e. The quantitative estimate of drug-likeness (QED) is 0.658. The van der Waals surface area contributed by atoms with Crippen molar-refractivity contribution in [3.05, 3.63) is 0 Å². The molecule has 1 saturated heterocycles. The molecule has 2 rings (SSSR count). The molecule has 5 nitrogen and oxygen atoms in total. The van der Waals surface area contributed by atoms with E-state index in [9.17, 15) is 9.90 Å². The largest absolute Gasteiger partial charge is 0.389 e. The molecule has 116 valence electrons. The Morgan fingerprint density at radius 2 is 1.80 bits per heavy atom. The molecule has 0 atom stereocenters. The van der Waals surface area contributed by atoms with Gasteiger partial charge in [-0.1, -0.05) is 25.7 Å². The zero-order valence-electron chi connectivity index (χ0n) is 12.3. The lowest BCUT2D eigenvalue weighted by Gasteiger charge is -2.27. The molecule has 0 bridgehead atoms. The number of ether oxygens (including phenoxy) is 1. The molecular formula is C15H28N2O3. The van der Waals surface area contributed by atoms with E-state index in [2.05, 4.69) is 10.6 Å². The molecule has 1 amide bonds. The van der Waals surface area contributed by atoms with Crippen LogP contribution < -0.4 is 10.6 Å². The summed E-state index contributed by atoms with van der Waals surface area (Å²) in [6.45, 7) is 2.28. The van der Waals surface area contributed by atoms with Gasteiger partial charge in [-0.2, -0.15) is 0 Å². The average Bonchev–Trinajstić information content (AvgIpc) is 2.65. The lowest BCUT2D eigenvalue weighted by atomic mass is 9.94. The normalized spacial score (nSPS) is 24.1. The lowest BCUT2D eigenvalue weighted by Crippen LogP contribution is -2.46. The number of carbonyl (C=O) groups excluding carboxylic acids is 1. The Hall–Kier alpha value is -0.650. The van der Waals surface area contributed by atoms with Crippen LogP contribution in [0.1, 0.15) is 51.4 Å². The van der Waals surface area contributed by atoms with Crippen LogP contribution in [0.15, 0.2) is 0 Å². The van der Waals surface area contributed by atoms with Crippen LogP contribution in [0, 0.1) is 0 Å². The standard InChI is InChI=1S/C15H28N2O3/c18-14(17-13-5-9-20-10-6-13)11-16-12-15(19)7-3-1-2-4-8-15/h13,16,19H,1-12H2,(H,17,18). The number of nitrogens with one attached hydrogen (secondary N) is 2. The van der Waals surface area contributed by atoms with Crippen LogP contribution >= 0.6 is 0 Å². The molecule has 1 heterocycles. The summed E-state index contributed by atoms with van der Waals surface area (Å²) in [6.07, 6.45) is 8.10. The van der Waals surface area contributed by atoms with Crippen LogP contribution in [-0.2, 0) is 9.53 Å². The molecule has 1 aliphatic carbocycles. The van der Waals surface area contributed by atoms with Crippen molar-refractivity contribution in [2.75, 3.05) is 26.3 Å². The zero-order chi connectivity index (χ0) is 14.3. The highest BCUT2D eigenvalue weighted by molar-refractivity contribution is 5.78. The molecule has 0 aromatic carbocycles. The monoisotopic (exact) mass is 284 g/mol. The van der Waals surface area contributed by atoms with Gasteiger partial charge in [0.25, 0.3) is 0 Å². The van der Waals surface area contributed by atoms with Crippen molar-refractivity contribution in [2.45, 2.75) is 63.0 Å². The Morgan fingerprint density at radius 3 is 2.45 bits per heavy atom. The van der Waals surface area contributed by atoms with Crippen molar-refractivity contribution in [1.29, 1.82) is 0 Å². The van der Waals surface area contributed by atoms with Crippen molar-refractivity contribution in [1.82, 2.24) is 10.6 Å². The van der Waals surface area contributed by atoms with Crippen LogP contribution in [-0.4, -0.2) is 49.0 Å². The van der Waals surface area contributed by atoms with E-state index in [0.29, 0.717) is 13.1 Å². The summed E-state index contributed by atoms with van der Waals surface area (Å²) in [5.41, 5.74) is -0.616. The summed E-state index contributed by atoms with van der Waals surface area (Å²) in [7, 11) is 0. The first-order chi connectivity index (χ1) is 9.68. The molecule has 5 heteroatoms. The molecule has 2 aliphatic rings. The van der Waals surface area contributed by atoms with Gasteiger partial charge in [0.15, 0.2) is 0 Å². The highest BCUT2D eigenvalue weighted by Gasteiger charge is 2.27. The molecule has 0 spiro atoms. The predicted molar refractivity (Wildman–Crippen MR) is 77.5 cm³/mol. The van der Waals surface area contributed by atoms with Crippen molar-refractivity contribution < 1.29 is 14.6 Å². The maximum atomic E-state index is 11.8. The number of carbonyl (C=O) groups is 1. The molecule has 1 saturated carbocycles. The van der Waals surface area contributed by atoms with Gasteiger partial charge in [0.2, 0.25) is 5.91 Å². The fraction of sp³-hybridized carbons (Fsp3) is 0.933. The van der Waals surface area contributed by atoms with Gasteiger partial charge >= 0.3 is 0 Å². The highest BCUT2D eigenvalue weighted by Crippen LogP contribution is 2.26.